The lowest BCUT2D eigenvalue weighted by atomic mass is 9.85. The van der Waals surface area contributed by atoms with E-state index in [4.69, 9.17) is 30.8 Å². The summed E-state index contributed by atoms with van der Waals surface area (Å²) in [5.41, 5.74) is 8.64. The average molecular weight is 1050 g/mol. The van der Waals surface area contributed by atoms with Crippen LogP contribution in [0.5, 0.6) is 0 Å². The minimum absolute atomic E-state index is 0.0241. The number of nitrogens with zero attached hydrogens (tertiary/aromatic N) is 8. The first-order valence-electron chi connectivity index (χ1n) is 24.2. The molecule has 0 radical (unpaired) electrons. The van der Waals surface area contributed by atoms with E-state index < -0.39 is 35.4 Å². The fraction of sp³-hybridized carbons (Fsp3) is 0.434. The molecule has 2 aromatic carbocycles. The van der Waals surface area contributed by atoms with Gasteiger partial charge >= 0.3 is 0 Å². The Morgan fingerprint density at radius 1 is 0.932 bits per heavy atom. The molecule has 6 heterocycles. The molecular weight excluding hydrogens is 988 g/mol. The van der Waals surface area contributed by atoms with Gasteiger partial charge in [-0.15, -0.1) is 32.9 Å². The molecule has 0 saturated carbocycles. The summed E-state index contributed by atoms with van der Waals surface area (Å²) in [5, 5.41) is 31.4. The van der Waals surface area contributed by atoms with E-state index in [1.807, 2.05) is 109 Å². The summed E-state index contributed by atoms with van der Waals surface area (Å²) < 4.78 is 20.9. The summed E-state index contributed by atoms with van der Waals surface area (Å²) in [4.78, 5) is 53.6. The first kappa shape index (κ1) is 53.2. The topological polar surface area (TPSA) is 200 Å². The number of benzene rings is 2. The highest BCUT2D eigenvalue weighted by Crippen LogP contribution is 2.39. The van der Waals surface area contributed by atoms with Gasteiger partial charge < -0.3 is 34.9 Å². The van der Waals surface area contributed by atoms with Gasteiger partial charge in [0.05, 0.1) is 90.2 Å². The van der Waals surface area contributed by atoms with E-state index in [-0.39, 0.29) is 50.8 Å². The Morgan fingerprint density at radius 3 is 2.33 bits per heavy atom. The van der Waals surface area contributed by atoms with Crippen molar-refractivity contribution < 1.29 is 33.7 Å². The molecule has 0 spiro atoms. The highest BCUT2D eigenvalue weighted by molar-refractivity contribution is 7.15. The number of thiophene rings is 1. The molecule has 3 N–H and O–H groups in total. The molecule has 1 fully saturated rings. The van der Waals surface area contributed by atoms with Crippen LogP contribution >= 0.6 is 34.3 Å². The molecule has 2 aliphatic rings. The SMILES string of the molecule is Cc1ncsc1-c1ccc([C@H](C)NC(=O)[C@@H]2C[C@@H](O)CN2C(=O)[C@@H](NC(=O)COCCOCCOCCn2cc(C#Cc3sc4c(c3C)C(c3ccc(Cl)cc3)=N[C@@H](C)c3nnc(C)n3-4)cn2)C(C)(C)C)cc1. The Bertz CT molecular complexity index is 3020. The smallest absolute Gasteiger partial charge is 0.246 e. The lowest BCUT2D eigenvalue weighted by Crippen LogP contribution is -2.58. The van der Waals surface area contributed by atoms with Crippen LogP contribution in [0.25, 0.3) is 15.4 Å². The van der Waals surface area contributed by atoms with Gasteiger partial charge in [-0.1, -0.05) is 80.6 Å². The van der Waals surface area contributed by atoms with Crippen molar-refractivity contribution in [1.82, 2.24) is 45.1 Å². The zero-order chi connectivity index (χ0) is 52.0. The lowest BCUT2D eigenvalue weighted by Gasteiger charge is -2.35. The molecule has 20 heteroatoms. The van der Waals surface area contributed by atoms with Crippen molar-refractivity contribution in [2.45, 2.75) is 98.6 Å². The number of aromatic nitrogens is 6. The van der Waals surface area contributed by atoms with E-state index in [0.29, 0.717) is 31.4 Å². The second kappa shape index (κ2) is 23.4. The van der Waals surface area contributed by atoms with Crippen molar-refractivity contribution in [3.63, 3.8) is 0 Å². The van der Waals surface area contributed by atoms with Crippen LogP contribution in [0, 0.1) is 38.0 Å². The van der Waals surface area contributed by atoms with Crippen LogP contribution < -0.4 is 10.6 Å². The number of aliphatic imine (C=N–C) groups is 1. The summed E-state index contributed by atoms with van der Waals surface area (Å²) >= 11 is 9.41. The molecule has 1 saturated heterocycles. The quantitative estimate of drug-likeness (QED) is 0.0594. The zero-order valence-electron chi connectivity index (χ0n) is 42.3. The normalized spacial score (nSPS) is 17.2. The Labute approximate surface area is 438 Å². The second-order valence-corrected chi connectivity index (χ2v) is 21.5. The van der Waals surface area contributed by atoms with Crippen molar-refractivity contribution in [1.29, 1.82) is 0 Å². The highest BCUT2D eigenvalue weighted by Gasteiger charge is 2.45. The third-order valence-corrected chi connectivity index (χ3v) is 15.1. The van der Waals surface area contributed by atoms with Crippen molar-refractivity contribution in [2.24, 2.45) is 10.4 Å². The third-order valence-electron chi connectivity index (χ3n) is 12.7. The monoisotopic (exact) mass is 1050 g/mol. The van der Waals surface area contributed by atoms with Gasteiger partial charge in [0.15, 0.2) is 5.82 Å². The number of halogens is 1. The van der Waals surface area contributed by atoms with E-state index in [0.717, 1.165) is 71.2 Å². The maximum Gasteiger partial charge on any atom is 0.246 e. The number of hydrogen-bond donors (Lipinski definition) is 3. The predicted octanol–water partition coefficient (Wildman–Crippen LogP) is 6.96. The van der Waals surface area contributed by atoms with E-state index in [2.05, 4.69) is 54.2 Å². The first-order chi connectivity index (χ1) is 35.0. The van der Waals surface area contributed by atoms with Gasteiger partial charge in [0.25, 0.3) is 0 Å². The highest BCUT2D eigenvalue weighted by atomic mass is 35.5. The number of hydrogen-bond acceptors (Lipinski definition) is 14. The average Bonchev–Trinajstić information content (AvgIpc) is 4.21. The molecule has 8 rings (SSSR count). The number of carbonyl (C=O) groups is 3. The fourth-order valence-electron chi connectivity index (χ4n) is 8.76. The number of aliphatic hydroxyl groups is 1. The number of nitrogens with one attached hydrogen (secondary N) is 2. The maximum atomic E-state index is 14.1. The Hall–Kier alpha value is -6.11. The lowest BCUT2D eigenvalue weighted by molar-refractivity contribution is -0.144. The largest absolute Gasteiger partial charge is 0.391 e. The zero-order valence-corrected chi connectivity index (χ0v) is 44.7. The molecule has 0 bridgehead atoms. The number of likely N-dealkylation sites (tertiary alicyclic amines) is 1. The van der Waals surface area contributed by atoms with Crippen LogP contribution in [-0.2, 0) is 35.1 Å². The number of aliphatic hydroxyl groups excluding tert-OH is 1. The van der Waals surface area contributed by atoms with Crippen molar-refractivity contribution >= 4 is 57.7 Å². The summed E-state index contributed by atoms with van der Waals surface area (Å²) in [6, 6.07) is 13.2. The number of ether oxygens (including phenoxy) is 3. The molecule has 73 heavy (non-hydrogen) atoms. The number of fused-ring (bicyclic) bond motifs is 3. The number of carbonyl (C=O) groups excluding carboxylic acids is 3. The summed E-state index contributed by atoms with van der Waals surface area (Å²) in [6.45, 7) is 17.1. The van der Waals surface area contributed by atoms with Crippen LogP contribution in [0.2, 0.25) is 5.02 Å². The van der Waals surface area contributed by atoms with Gasteiger partial charge in [-0.05, 0) is 68.9 Å². The predicted molar refractivity (Wildman–Crippen MR) is 281 cm³/mol. The molecule has 0 unspecified atom stereocenters. The van der Waals surface area contributed by atoms with Gasteiger partial charge in [0.2, 0.25) is 17.7 Å². The van der Waals surface area contributed by atoms with Crippen LogP contribution in [0.15, 0.2) is 71.4 Å². The number of thiazole rings is 1. The van der Waals surface area contributed by atoms with Crippen LogP contribution in [-0.4, -0.2) is 127 Å². The summed E-state index contributed by atoms with van der Waals surface area (Å²) in [6.07, 6.45) is 2.83. The molecule has 384 valence electrons. The van der Waals surface area contributed by atoms with Crippen molar-refractivity contribution in [3.8, 4) is 27.3 Å². The maximum absolute atomic E-state index is 14.1. The van der Waals surface area contributed by atoms with E-state index in [9.17, 15) is 19.5 Å². The van der Waals surface area contributed by atoms with Gasteiger partial charge in [-0.3, -0.25) is 28.6 Å². The number of amides is 3. The molecule has 17 nitrogen and oxygen atoms in total. The summed E-state index contributed by atoms with van der Waals surface area (Å²) in [5.74, 6) is 6.93. The number of aryl methyl sites for hydroxylation is 2. The van der Waals surface area contributed by atoms with Crippen LogP contribution in [0.3, 0.4) is 0 Å². The summed E-state index contributed by atoms with van der Waals surface area (Å²) in [7, 11) is 0. The van der Waals surface area contributed by atoms with E-state index >= 15 is 0 Å². The molecule has 6 aromatic rings. The molecule has 4 aromatic heterocycles. The van der Waals surface area contributed by atoms with Crippen LogP contribution in [0.4, 0.5) is 0 Å². The minimum Gasteiger partial charge on any atom is -0.391 e. The molecule has 2 aliphatic heterocycles. The first-order valence-corrected chi connectivity index (χ1v) is 26.3. The molecule has 5 atom stereocenters. The van der Waals surface area contributed by atoms with Gasteiger partial charge in [-0.2, -0.15) is 5.10 Å². The molecule has 3 amide bonds. The van der Waals surface area contributed by atoms with Crippen LogP contribution in [0.1, 0.15) is 103 Å². The number of β-amino-alcohol motifs (C(OH)–C–C–N with tert-alkyl or cyclic N) is 1. The van der Waals surface area contributed by atoms with E-state index in [1.165, 1.54) is 4.90 Å². The fourth-order valence-corrected chi connectivity index (χ4v) is 10.9. The minimum atomic E-state index is -0.977. The van der Waals surface area contributed by atoms with Crippen molar-refractivity contribution in [3.05, 3.63) is 121 Å². The molecular formula is C53H61ClN10O7S2. The number of rotatable bonds is 18. The van der Waals surface area contributed by atoms with Gasteiger partial charge in [-0.25, -0.2) is 4.98 Å². The van der Waals surface area contributed by atoms with Crippen molar-refractivity contribution in [2.75, 3.05) is 46.2 Å². The van der Waals surface area contributed by atoms with Gasteiger partial charge in [0.1, 0.15) is 35.6 Å². The van der Waals surface area contributed by atoms with Gasteiger partial charge in [0, 0.05) is 35.3 Å². The third kappa shape index (κ3) is 12.6. The molecule has 0 aliphatic carbocycles. The Kier molecular flexibility index (Phi) is 17.0. The van der Waals surface area contributed by atoms with E-state index in [1.54, 1.807) is 33.6 Å². The Balaban J connectivity index is 0.746. The standard InChI is InChI=1S/C53H61ClN10O7S2/c1-31-43(73-52-45(31)46(38-14-16-40(54)17-15-38)57-34(4)49-61-60-35(5)64(49)52)18-9-36-26-56-62(27-36)19-20-69-21-22-70-23-24-71-29-44(66)59-48(53(6,7)8)51(68)63-28-41(65)25-42(63)50(67)58-32(2)37-10-12-39(13-11-37)47-33(3)55-30-72-47/h10-17,26-27,30,32,34,41-42,48,65H,19-25,28-29H2,1-8H3,(H,58,67)(H,59,66)/t32-,34-,41+,42-,48+/m0/s1. The Morgan fingerprint density at radius 2 is 1.63 bits per heavy atom. The second-order valence-electron chi connectivity index (χ2n) is 19.2.